The maximum Gasteiger partial charge on any atom is 0.0765 e. The van der Waals surface area contributed by atoms with Gasteiger partial charge >= 0.3 is 0 Å². The summed E-state index contributed by atoms with van der Waals surface area (Å²) in [5, 5.41) is 23.8. The van der Waals surface area contributed by atoms with Gasteiger partial charge in [0.25, 0.3) is 0 Å². The summed E-state index contributed by atoms with van der Waals surface area (Å²) in [5.74, 6) is -0.170. The number of aliphatic hydroxyl groups excluding tert-OH is 2. The number of rotatable bonds is 2. The van der Waals surface area contributed by atoms with Crippen molar-refractivity contribution in [3.05, 3.63) is 109 Å². The van der Waals surface area contributed by atoms with Gasteiger partial charge in [-0.15, -0.1) is 0 Å². The Labute approximate surface area is 227 Å². The van der Waals surface area contributed by atoms with Crippen molar-refractivity contribution >= 4 is 40.0 Å². The Morgan fingerprint density at radius 3 is 2.05 bits per heavy atom. The molecule has 37 heavy (non-hydrogen) atoms. The van der Waals surface area contributed by atoms with Gasteiger partial charge in [0.1, 0.15) is 0 Å². The molecule has 0 amide bonds. The molecule has 0 aromatic heterocycles. The van der Waals surface area contributed by atoms with Gasteiger partial charge in [-0.25, -0.2) is 0 Å². The van der Waals surface area contributed by atoms with E-state index in [1.807, 2.05) is 30.3 Å². The smallest absolute Gasteiger partial charge is 0.0765 e. The van der Waals surface area contributed by atoms with E-state index in [0.717, 1.165) is 76.9 Å². The fourth-order valence-electron chi connectivity index (χ4n) is 7.40. The van der Waals surface area contributed by atoms with E-state index in [9.17, 15) is 10.2 Å². The third-order valence-electron chi connectivity index (χ3n) is 8.90. The summed E-state index contributed by atoms with van der Waals surface area (Å²) in [4.78, 5) is 0. The molecule has 3 aromatic carbocycles. The van der Waals surface area contributed by atoms with E-state index in [1.54, 1.807) is 0 Å². The molecular weight excluding hydrogens is 501 g/mol. The summed E-state index contributed by atoms with van der Waals surface area (Å²) in [7, 11) is 0. The highest BCUT2D eigenvalue weighted by atomic mass is 35.5. The van der Waals surface area contributed by atoms with E-state index in [1.165, 1.54) is 22.3 Å². The molecule has 4 aliphatic carbocycles. The van der Waals surface area contributed by atoms with Gasteiger partial charge < -0.3 is 15.9 Å². The average molecular weight is 530 g/mol. The molecule has 4 aliphatic rings. The Hall–Kier alpha value is -2.56. The second-order valence-electron chi connectivity index (χ2n) is 10.9. The lowest BCUT2D eigenvalue weighted by Crippen LogP contribution is -2.21. The predicted molar refractivity (Wildman–Crippen MR) is 151 cm³/mol. The van der Waals surface area contributed by atoms with Gasteiger partial charge in [-0.3, -0.25) is 0 Å². The van der Waals surface area contributed by atoms with Crippen molar-refractivity contribution in [1.29, 1.82) is 0 Å². The molecule has 188 valence electrons. The minimum Gasteiger partial charge on any atom is -0.398 e. The number of benzene rings is 3. The number of hydrogen-bond donors (Lipinski definition) is 3. The van der Waals surface area contributed by atoms with Gasteiger partial charge in [-0.1, -0.05) is 47.5 Å². The molecule has 0 saturated heterocycles. The third kappa shape index (κ3) is 3.55. The number of nitrogen functional groups attached to an aromatic ring is 1. The molecule has 0 saturated carbocycles. The minimum absolute atomic E-state index is 0.0399. The van der Waals surface area contributed by atoms with Crippen molar-refractivity contribution in [2.75, 3.05) is 5.73 Å². The predicted octanol–water partition coefficient (Wildman–Crippen LogP) is 7.46. The number of allylic oxidation sites excluding steroid dienone is 2. The van der Waals surface area contributed by atoms with Crippen molar-refractivity contribution < 1.29 is 10.2 Å². The van der Waals surface area contributed by atoms with Gasteiger partial charge in [0.15, 0.2) is 0 Å². The van der Waals surface area contributed by atoms with Crippen LogP contribution >= 0.6 is 23.2 Å². The van der Waals surface area contributed by atoms with E-state index < -0.39 is 12.2 Å². The lowest BCUT2D eigenvalue weighted by Gasteiger charge is -2.29. The first-order chi connectivity index (χ1) is 17.9. The minimum atomic E-state index is -0.494. The van der Waals surface area contributed by atoms with Crippen LogP contribution in [0.3, 0.4) is 0 Å². The Kier molecular flexibility index (Phi) is 5.57. The number of halogens is 2. The van der Waals surface area contributed by atoms with Crippen molar-refractivity contribution in [2.45, 2.75) is 62.6 Å². The maximum absolute atomic E-state index is 11.2. The van der Waals surface area contributed by atoms with Gasteiger partial charge in [0.2, 0.25) is 0 Å². The fraction of sp³-hybridized carbons (Fsp3) is 0.312. The summed E-state index contributed by atoms with van der Waals surface area (Å²) in [6.07, 6.45) is 4.42. The molecule has 0 aliphatic heterocycles. The maximum atomic E-state index is 11.2. The quantitative estimate of drug-likeness (QED) is 0.301. The van der Waals surface area contributed by atoms with E-state index in [2.05, 4.69) is 24.3 Å². The van der Waals surface area contributed by atoms with Gasteiger partial charge in [0, 0.05) is 27.6 Å². The Morgan fingerprint density at radius 1 is 0.649 bits per heavy atom. The molecule has 3 aromatic rings. The monoisotopic (exact) mass is 529 g/mol. The summed E-state index contributed by atoms with van der Waals surface area (Å²) < 4.78 is 0. The molecule has 5 heteroatoms. The summed E-state index contributed by atoms with van der Waals surface area (Å²) >= 11 is 12.9. The molecular formula is C32H29Cl2NO2. The highest BCUT2D eigenvalue weighted by Gasteiger charge is 2.41. The first kappa shape index (κ1) is 23.5. The molecule has 4 atom stereocenters. The Bertz CT molecular complexity index is 1520. The number of hydrogen-bond acceptors (Lipinski definition) is 3. The summed E-state index contributed by atoms with van der Waals surface area (Å²) in [6, 6.07) is 18.5. The number of nitrogens with two attached hydrogens (primary N) is 1. The van der Waals surface area contributed by atoms with Crippen LogP contribution in [0.1, 0.15) is 83.7 Å². The number of fused-ring (bicyclic) bond motifs is 4. The average Bonchev–Trinajstić information content (AvgIpc) is 3.38. The first-order valence-corrected chi connectivity index (χ1v) is 14.0. The summed E-state index contributed by atoms with van der Waals surface area (Å²) in [6.45, 7) is 0. The van der Waals surface area contributed by atoms with E-state index in [0.29, 0.717) is 10.7 Å². The molecule has 4 unspecified atom stereocenters. The number of aliphatic hydroxyl groups is 2. The van der Waals surface area contributed by atoms with Crippen LogP contribution in [0.15, 0.2) is 65.7 Å². The lowest BCUT2D eigenvalue weighted by molar-refractivity contribution is 0.189. The van der Waals surface area contributed by atoms with Crippen LogP contribution in [-0.2, 0) is 0 Å². The van der Waals surface area contributed by atoms with Crippen molar-refractivity contribution in [3.63, 3.8) is 0 Å². The Balaban J connectivity index is 1.42. The fourth-order valence-corrected chi connectivity index (χ4v) is 7.75. The second-order valence-corrected chi connectivity index (χ2v) is 11.8. The van der Waals surface area contributed by atoms with Crippen molar-refractivity contribution in [3.8, 4) is 0 Å². The molecule has 7 rings (SSSR count). The van der Waals surface area contributed by atoms with Crippen LogP contribution < -0.4 is 5.73 Å². The van der Waals surface area contributed by atoms with Crippen molar-refractivity contribution in [2.24, 2.45) is 0 Å². The first-order valence-electron chi connectivity index (χ1n) is 13.2. The second kappa shape index (κ2) is 8.74. The van der Waals surface area contributed by atoms with Gasteiger partial charge in [-0.05, 0) is 125 Å². The molecule has 0 bridgehead atoms. The van der Waals surface area contributed by atoms with Crippen LogP contribution in [0.2, 0.25) is 10.0 Å². The standard InChI is InChI=1S/C32H29Cl2NO2/c33-17-9-11-22-23(14-17)21-4-2-5-27(36)31(21)29(22)16-7-12-26(35)25(13-16)30-24-15-18(34)8-10-19(24)20-3-1-6-28(37)32(20)30/h7-15,27-30,36-37H,1-6,35H2. The third-order valence-corrected chi connectivity index (χ3v) is 9.37. The Morgan fingerprint density at radius 2 is 1.30 bits per heavy atom. The van der Waals surface area contributed by atoms with Gasteiger partial charge in [0.05, 0.1) is 12.2 Å². The number of anilines is 1. The summed E-state index contributed by atoms with van der Waals surface area (Å²) in [5.41, 5.74) is 18.8. The molecule has 0 radical (unpaired) electrons. The van der Waals surface area contributed by atoms with Crippen LogP contribution in [0.5, 0.6) is 0 Å². The topological polar surface area (TPSA) is 66.5 Å². The normalized spacial score (nSPS) is 26.2. The van der Waals surface area contributed by atoms with Crippen LogP contribution in [-0.4, -0.2) is 22.4 Å². The highest BCUT2D eigenvalue weighted by molar-refractivity contribution is 6.31. The SMILES string of the molecule is Nc1ccc(C2C3=C(CCCC3O)c3cc(Cl)ccc32)cc1C1C2=C(CCCC2O)c2ccc(Cl)cc21. The van der Waals surface area contributed by atoms with E-state index >= 15 is 0 Å². The highest BCUT2D eigenvalue weighted by Crippen LogP contribution is 2.55. The zero-order valence-corrected chi connectivity index (χ0v) is 22.0. The van der Waals surface area contributed by atoms with Crippen LogP contribution in [0.4, 0.5) is 5.69 Å². The van der Waals surface area contributed by atoms with Crippen LogP contribution in [0, 0.1) is 0 Å². The van der Waals surface area contributed by atoms with Crippen LogP contribution in [0.25, 0.3) is 11.1 Å². The zero-order chi connectivity index (χ0) is 25.4. The zero-order valence-electron chi connectivity index (χ0n) is 20.5. The molecule has 0 fully saturated rings. The largest absolute Gasteiger partial charge is 0.398 e. The molecule has 3 nitrogen and oxygen atoms in total. The molecule has 4 N–H and O–H groups in total. The molecule has 0 spiro atoms. The van der Waals surface area contributed by atoms with E-state index in [4.69, 9.17) is 28.9 Å². The van der Waals surface area contributed by atoms with E-state index in [-0.39, 0.29) is 11.8 Å². The van der Waals surface area contributed by atoms with Crippen molar-refractivity contribution in [1.82, 2.24) is 0 Å². The lowest BCUT2D eigenvalue weighted by atomic mass is 9.78. The van der Waals surface area contributed by atoms with Gasteiger partial charge in [-0.2, -0.15) is 0 Å². The molecule has 0 heterocycles.